The number of aromatic amines is 2. The standard InChI is InChI=1S/C30H33F2N7O3S/c1-37-9-11-38(12-10-37)23-4-5-25(28(16-23)34-18-22-3-2-7-33-22)30(40)17-29-26-19-39(8-6-27(26)35-36-29)43(41,42)24-14-20(31)13-21(32)15-24/h2-5,7,13-16,33-34H,6,8-12,17-19H2,1H3,(H,35,36). The molecular weight excluding hydrogens is 576 g/mol. The molecule has 0 radical (unpaired) electrons. The lowest BCUT2D eigenvalue weighted by molar-refractivity contribution is 0.0992. The van der Waals surface area contributed by atoms with Gasteiger partial charge in [0, 0.05) is 91.8 Å². The van der Waals surface area contributed by atoms with Gasteiger partial charge in [0.2, 0.25) is 10.0 Å². The van der Waals surface area contributed by atoms with Crippen LogP contribution >= 0.6 is 0 Å². The Morgan fingerprint density at radius 2 is 1.79 bits per heavy atom. The van der Waals surface area contributed by atoms with E-state index >= 15 is 0 Å². The van der Waals surface area contributed by atoms with Gasteiger partial charge in [-0.1, -0.05) is 0 Å². The van der Waals surface area contributed by atoms with Crippen LogP contribution in [0.5, 0.6) is 0 Å². The number of hydrogen-bond donors (Lipinski definition) is 3. The Morgan fingerprint density at radius 1 is 1.02 bits per heavy atom. The molecule has 2 aromatic carbocycles. The molecule has 2 aliphatic heterocycles. The number of carbonyl (C=O) groups excluding carboxylic acids is 1. The summed E-state index contributed by atoms with van der Waals surface area (Å²) in [5, 5.41) is 10.7. The number of H-pyrrole nitrogens is 2. The van der Waals surface area contributed by atoms with Crippen molar-refractivity contribution in [3.8, 4) is 0 Å². The SMILES string of the molecule is CN1CCN(c2ccc(C(=O)Cc3n[nH]c4c3CN(S(=O)(=O)c3cc(F)cc(F)c3)CC4)c(NCc3ccc[nH]3)c2)CC1. The monoisotopic (exact) mass is 609 g/mol. The topological polar surface area (TPSA) is 117 Å². The molecule has 10 nitrogen and oxygen atoms in total. The number of ketones is 1. The molecule has 0 aliphatic carbocycles. The number of carbonyl (C=O) groups is 1. The summed E-state index contributed by atoms with van der Waals surface area (Å²) in [4.78, 5) is 21.1. The van der Waals surface area contributed by atoms with Gasteiger partial charge in [-0.15, -0.1) is 0 Å². The first-order valence-corrected chi connectivity index (χ1v) is 15.6. The molecule has 4 aromatic rings. The first kappa shape index (κ1) is 29.0. The predicted octanol–water partition coefficient (Wildman–Crippen LogP) is 3.55. The Morgan fingerprint density at radius 3 is 2.51 bits per heavy atom. The maximum absolute atomic E-state index is 13.8. The second-order valence-corrected chi connectivity index (χ2v) is 12.9. The van der Waals surface area contributed by atoms with Crippen LogP contribution < -0.4 is 10.2 Å². The van der Waals surface area contributed by atoms with Crippen LogP contribution in [0.4, 0.5) is 20.2 Å². The second-order valence-electron chi connectivity index (χ2n) is 11.0. The summed E-state index contributed by atoms with van der Waals surface area (Å²) >= 11 is 0. The number of likely N-dealkylation sites (N-methyl/N-ethyl adjacent to an activating group) is 1. The van der Waals surface area contributed by atoms with Crippen molar-refractivity contribution < 1.29 is 22.0 Å². The normalized spacial score (nSPS) is 16.3. The minimum absolute atomic E-state index is 0.0423. The van der Waals surface area contributed by atoms with E-state index in [1.807, 2.05) is 36.5 Å². The number of anilines is 2. The Labute approximate surface area is 248 Å². The molecule has 6 rings (SSSR count). The Hall–Kier alpha value is -4.07. The summed E-state index contributed by atoms with van der Waals surface area (Å²) in [5.74, 6) is -2.10. The highest BCUT2D eigenvalue weighted by atomic mass is 32.2. The third-order valence-corrected chi connectivity index (χ3v) is 9.91. The fraction of sp³-hybridized carbons (Fsp3) is 0.333. The van der Waals surface area contributed by atoms with Gasteiger partial charge in [0.1, 0.15) is 11.6 Å². The third kappa shape index (κ3) is 6.19. The molecule has 0 saturated carbocycles. The highest BCUT2D eigenvalue weighted by molar-refractivity contribution is 7.89. The van der Waals surface area contributed by atoms with E-state index in [2.05, 4.69) is 37.3 Å². The fourth-order valence-corrected chi connectivity index (χ4v) is 7.06. The number of nitrogens with one attached hydrogen (secondary N) is 3. The molecule has 43 heavy (non-hydrogen) atoms. The molecule has 2 aromatic heterocycles. The molecule has 0 atom stereocenters. The molecule has 0 bridgehead atoms. The van der Waals surface area contributed by atoms with Crippen molar-refractivity contribution in [3.05, 3.63) is 94.6 Å². The first-order valence-electron chi connectivity index (χ1n) is 14.2. The maximum atomic E-state index is 13.8. The quantitative estimate of drug-likeness (QED) is 0.249. The third-order valence-electron chi connectivity index (χ3n) is 8.09. The number of aromatic nitrogens is 3. The second kappa shape index (κ2) is 11.9. The summed E-state index contributed by atoms with van der Waals surface area (Å²) in [5.41, 5.74) is 5.03. The van der Waals surface area contributed by atoms with E-state index in [-0.39, 0.29) is 25.3 Å². The van der Waals surface area contributed by atoms with Crippen molar-refractivity contribution in [2.75, 3.05) is 50.0 Å². The molecule has 2 aliphatic rings. The molecule has 0 unspecified atom stereocenters. The van der Waals surface area contributed by atoms with E-state index in [1.165, 1.54) is 4.31 Å². The van der Waals surface area contributed by atoms with Crippen molar-refractivity contribution in [3.63, 3.8) is 0 Å². The van der Waals surface area contributed by atoms with Crippen molar-refractivity contribution in [2.45, 2.75) is 30.8 Å². The number of benzene rings is 2. The number of sulfonamides is 1. The van der Waals surface area contributed by atoms with Gasteiger partial charge in [-0.2, -0.15) is 9.40 Å². The molecule has 13 heteroatoms. The van der Waals surface area contributed by atoms with E-state index < -0.39 is 26.6 Å². The lowest BCUT2D eigenvalue weighted by Gasteiger charge is -2.34. The summed E-state index contributed by atoms with van der Waals surface area (Å²) in [6, 6.07) is 11.9. The van der Waals surface area contributed by atoms with E-state index in [9.17, 15) is 22.0 Å². The molecule has 3 N–H and O–H groups in total. The van der Waals surface area contributed by atoms with E-state index in [0.29, 0.717) is 41.5 Å². The number of nitrogens with zero attached hydrogens (tertiary/aromatic N) is 4. The van der Waals surface area contributed by atoms with Gasteiger partial charge in [0.25, 0.3) is 0 Å². The van der Waals surface area contributed by atoms with Crippen molar-refractivity contribution in [1.82, 2.24) is 24.4 Å². The van der Waals surface area contributed by atoms with Crippen LogP contribution in [-0.4, -0.2) is 78.4 Å². The fourth-order valence-electron chi connectivity index (χ4n) is 5.61. The van der Waals surface area contributed by atoms with E-state index in [4.69, 9.17) is 0 Å². The average molecular weight is 610 g/mol. The largest absolute Gasteiger partial charge is 0.379 e. The van der Waals surface area contributed by atoms with Crippen LogP contribution in [0.15, 0.2) is 59.6 Å². The first-order chi connectivity index (χ1) is 20.7. The van der Waals surface area contributed by atoms with Gasteiger partial charge < -0.3 is 20.1 Å². The smallest absolute Gasteiger partial charge is 0.243 e. The van der Waals surface area contributed by atoms with Crippen LogP contribution in [0.1, 0.15) is 33.0 Å². The van der Waals surface area contributed by atoms with Gasteiger partial charge in [-0.05, 0) is 49.5 Å². The average Bonchev–Trinajstić information content (AvgIpc) is 3.66. The minimum atomic E-state index is -4.17. The molecule has 1 saturated heterocycles. The lowest BCUT2D eigenvalue weighted by atomic mass is 9.99. The van der Waals surface area contributed by atoms with Gasteiger partial charge in [-0.25, -0.2) is 17.2 Å². The van der Waals surface area contributed by atoms with Gasteiger partial charge >= 0.3 is 0 Å². The number of halogens is 2. The number of piperazine rings is 1. The van der Waals surface area contributed by atoms with Crippen molar-refractivity contribution in [1.29, 1.82) is 0 Å². The Balaban J connectivity index is 1.24. The Kier molecular flexibility index (Phi) is 8.03. The van der Waals surface area contributed by atoms with Gasteiger partial charge in [0.15, 0.2) is 5.78 Å². The maximum Gasteiger partial charge on any atom is 0.243 e. The van der Waals surface area contributed by atoms with Crippen LogP contribution in [0.25, 0.3) is 0 Å². The number of hydrogen-bond acceptors (Lipinski definition) is 7. The number of Topliss-reactive ketones (excluding diaryl/α,β-unsaturated/α-hetero) is 1. The van der Waals surface area contributed by atoms with Gasteiger partial charge in [-0.3, -0.25) is 9.89 Å². The predicted molar refractivity (Wildman–Crippen MR) is 159 cm³/mol. The molecule has 0 spiro atoms. The molecule has 1 fully saturated rings. The zero-order valence-electron chi connectivity index (χ0n) is 23.7. The van der Waals surface area contributed by atoms with Gasteiger partial charge in [0.05, 0.1) is 23.6 Å². The summed E-state index contributed by atoms with van der Waals surface area (Å²) < 4.78 is 55.3. The minimum Gasteiger partial charge on any atom is -0.379 e. The molecule has 226 valence electrons. The number of rotatable bonds is 9. The van der Waals surface area contributed by atoms with Crippen molar-refractivity contribution in [2.24, 2.45) is 0 Å². The number of fused-ring (bicyclic) bond motifs is 1. The molecular formula is C30H33F2N7O3S. The zero-order chi connectivity index (χ0) is 30.1. The summed E-state index contributed by atoms with van der Waals surface area (Å²) in [6.07, 6.45) is 2.13. The van der Waals surface area contributed by atoms with Crippen LogP contribution in [0.2, 0.25) is 0 Å². The summed E-state index contributed by atoms with van der Waals surface area (Å²) in [7, 11) is -2.07. The Bertz CT molecular complexity index is 1710. The highest BCUT2D eigenvalue weighted by Gasteiger charge is 2.32. The van der Waals surface area contributed by atoms with Crippen molar-refractivity contribution >= 4 is 27.2 Å². The zero-order valence-corrected chi connectivity index (χ0v) is 24.6. The van der Waals surface area contributed by atoms with E-state index in [1.54, 1.807) is 0 Å². The van der Waals surface area contributed by atoms with Crippen LogP contribution in [-0.2, 0) is 36.0 Å². The highest BCUT2D eigenvalue weighted by Crippen LogP contribution is 2.30. The van der Waals surface area contributed by atoms with E-state index in [0.717, 1.165) is 55.4 Å². The lowest BCUT2D eigenvalue weighted by Crippen LogP contribution is -2.44. The van der Waals surface area contributed by atoms with Crippen LogP contribution in [0.3, 0.4) is 0 Å². The molecule has 0 amide bonds. The molecule has 4 heterocycles. The summed E-state index contributed by atoms with van der Waals surface area (Å²) in [6.45, 7) is 4.25. The van der Waals surface area contributed by atoms with Crippen LogP contribution in [0, 0.1) is 11.6 Å².